The van der Waals surface area contributed by atoms with Gasteiger partial charge in [0, 0.05) is 12.6 Å². The molecule has 2 amide bonds. The molecule has 0 aliphatic carbocycles. The number of carbonyl (C=O) groups is 1. The Hall–Kier alpha value is -1.07. The first kappa shape index (κ1) is 17.3. The molecule has 1 aliphatic rings. The van der Waals surface area contributed by atoms with Crippen LogP contribution in [-0.4, -0.2) is 43.2 Å². The van der Waals surface area contributed by atoms with Crippen LogP contribution in [-0.2, 0) is 6.42 Å². The predicted molar refractivity (Wildman–Crippen MR) is 93.5 cm³/mol. The van der Waals surface area contributed by atoms with Crippen molar-refractivity contribution >= 4 is 17.4 Å². The van der Waals surface area contributed by atoms with E-state index in [1.54, 1.807) is 11.3 Å². The quantitative estimate of drug-likeness (QED) is 0.757. The van der Waals surface area contributed by atoms with Crippen molar-refractivity contribution in [3.63, 3.8) is 0 Å². The Balaban J connectivity index is 1.52. The number of likely N-dealkylation sites (tertiary alicyclic amines) is 1. The smallest absolute Gasteiger partial charge is 0.315 e. The van der Waals surface area contributed by atoms with Gasteiger partial charge in [-0.1, -0.05) is 6.92 Å². The molecule has 0 radical (unpaired) electrons. The maximum atomic E-state index is 11.8. The first-order valence-electron chi connectivity index (χ1n) is 8.41. The van der Waals surface area contributed by atoms with Crippen LogP contribution in [0.1, 0.15) is 38.7 Å². The molecule has 0 bridgehead atoms. The lowest BCUT2D eigenvalue weighted by molar-refractivity contribution is 0.190. The highest BCUT2D eigenvalue weighted by molar-refractivity contribution is 7.07. The van der Waals surface area contributed by atoms with Gasteiger partial charge in [-0.2, -0.15) is 11.3 Å². The lowest BCUT2D eigenvalue weighted by atomic mass is 9.99. The molecular weight excluding hydrogens is 294 g/mol. The summed E-state index contributed by atoms with van der Waals surface area (Å²) < 4.78 is 0. The minimum atomic E-state index is -0.0463. The number of carbonyl (C=O) groups excluding carboxylic acids is 1. The third kappa shape index (κ3) is 6.36. The number of piperidine rings is 1. The van der Waals surface area contributed by atoms with Crippen LogP contribution in [0, 0.1) is 5.92 Å². The molecule has 22 heavy (non-hydrogen) atoms. The summed E-state index contributed by atoms with van der Waals surface area (Å²) >= 11 is 1.70. The molecule has 1 atom stereocenters. The normalized spacial score (nSPS) is 18.1. The van der Waals surface area contributed by atoms with E-state index in [4.69, 9.17) is 0 Å². The van der Waals surface area contributed by atoms with E-state index in [9.17, 15) is 4.79 Å². The Morgan fingerprint density at radius 2 is 2.23 bits per heavy atom. The topological polar surface area (TPSA) is 44.4 Å². The third-order valence-corrected chi connectivity index (χ3v) is 5.04. The fraction of sp³-hybridized carbons (Fsp3) is 0.706. The van der Waals surface area contributed by atoms with E-state index in [1.807, 2.05) is 6.92 Å². The van der Waals surface area contributed by atoms with Crippen LogP contribution in [0.15, 0.2) is 16.8 Å². The van der Waals surface area contributed by atoms with E-state index in [0.717, 1.165) is 31.8 Å². The van der Waals surface area contributed by atoms with Gasteiger partial charge in [-0.3, -0.25) is 0 Å². The summed E-state index contributed by atoms with van der Waals surface area (Å²) in [7, 11) is 0. The first-order valence-corrected chi connectivity index (χ1v) is 9.35. The second-order valence-corrected chi connectivity index (χ2v) is 7.29. The number of rotatable bonds is 7. The molecule has 0 aromatic carbocycles. The highest BCUT2D eigenvalue weighted by Gasteiger charge is 2.15. The largest absolute Gasteiger partial charge is 0.338 e. The van der Waals surface area contributed by atoms with Gasteiger partial charge in [-0.25, -0.2) is 4.79 Å². The van der Waals surface area contributed by atoms with Crippen molar-refractivity contribution in [1.29, 1.82) is 0 Å². The Kier molecular flexibility index (Phi) is 7.19. The van der Waals surface area contributed by atoms with Crippen LogP contribution < -0.4 is 10.6 Å². The Morgan fingerprint density at radius 1 is 1.45 bits per heavy atom. The van der Waals surface area contributed by atoms with Gasteiger partial charge >= 0.3 is 6.03 Å². The molecule has 1 unspecified atom stereocenters. The molecule has 1 fully saturated rings. The minimum Gasteiger partial charge on any atom is -0.338 e. The third-order valence-electron chi connectivity index (χ3n) is 4.31. The summed E-state index contributed by atoms with van der Waals surface area (Å²) in [6.45, 7) is 8.66. The number of nitrogens with zero attached hydrogens (tertiary/aromatic N) is 1. The predicted octanol–water partition coefficient (Wildman–Crippen LogP) is 3.10. The van der Waals surface area contributed by atoms with Gasteiger partial charge in [0.1, 0.15) is 0 Å². The zero-order valence-corrected chi connectivity index (χ0v) is 14.6. The summed E-state index contributed by atoms with van der Waals surface area (Å²) in [5, 5.41) is 10.2. The molecule has 4 nitrogen and oxygen atoms in total. The highest BCUT2D eigenvalue weighted by Crippen LogP contribution is 2.15. The second-order valence-electron chi connectivity index (χ2n) is 6.51. The van der Waals surface area contributed by atoms with Crippen LogP contribution in [0.2, 0.25) is 0 Å². The van der Waals surface area contributed by atoms with Crippen LogP contribution in [0.25, 0.3) is 0 Å². The summed E-state index contributed by atoms with van der Waals surface area (Å²) in [5.41, 5.74) is 1.29. The number of nitrogens with one attached hydrogen (secondary N) is 2. The minimum absolute atomic E-state index is 0.0463. The van der Waals surface area contributed by atoms with Gasteiger partial charge in [-0.05, 0) is 80.5 Å². The molecule has 124 valence electrons. The van der Waals surface area contributed by atoms with Gasteiger partial charge in [-0.15, -0.1) is 0 Å². The van der Waals surface area contributed by atoms with Crippen molar-refractivity contribution in [1.82, 2.24) is 15.5 Å². The maximum Gasteiger partial charge on any atom is 0.315 e. The zero-order chi connectivity index (χ0) is 15.8. The second kappa shape index (κ2) is 9.16. The average Bonchev–Trinajstić information content (AvgIpc) is 2.98. The van der Waals surface area contributed by atoms with Crippen LogP contribution >= 0.6 is 11.3 Å². The van der Waals surface area contributed by atoms with Crippen molar-refractivity contribution in [2.24, 2.45) is 5.92 Å². The Labute approximate surface area is 138 Å². The van der Waals surface area contributed by atoms with Gasteiger partial charge in [0.2, 0.25) is 0 Å². The molecule has 1 aromatic rings. The van der Waals surface area contributed by atoms with E-state index in [1.165, 1.54) is 31.5 Å². The molecule has 2 rings (SSSR count). The Bertz CT molecular complexity index is 427. The first-order chi connectivity index (χ1) is 10.6. The molecule has 2 N–H and O–H groups in total. The summed E-state index contributed by atoms with van der Waals surface area (Å²) in [5.74, 6) is 0.880. The molecule has 1 saturated heterocycles. The maximum absolute atomic E-state index is 11.8. The molecule has 5 heteroatoms. The van der Waals surface area contributed by atoms with Crippen molar-refractivity contribution in [2.45, 2.75) is 45.6 Å². The van der Waals surface area contributed by atoms with E-state index in [2.05, 4.69) is 39.3 Å². The van der Waals surface area contributed by atoms with Gasteiger partial charge in [0.25, 0.3) is 0 Å². The van der Waals surface area contributed by atoms with Crippen LogP contribution in [0.3, 0.4) is 0 Å². The van der Waals surface area contributed by atoms with Crippen molar-refractivity contribution in [3.05, 3.63) is 22.4 Å². The molecule has 0 saturated carbocycles. The number of urea groups is 1. The Morgan fingerprint density at radius 3 is 2.91 bits per heavy atom. The van der Waals surface area contributed by atoms with Crippen molar-refractivity contribution in [2.75, 3.05) is 26.2 Å². The van der Waals surface area contributed by atoms with E-state index in [0.29, 0.717) is 0 Å². The molecule has 2 heterocycles. The SMILES string of the molecule is CC1CCN(CCCNC(=O)NC(C)Cc2ccsc2)CC1. The standard InChI is InChI=1S/C17H29N3OS/c1-14-4-9-20(10-5-14)8-3-7-18-17(21)19-15(2)12-16-6-11-22-13-16/h6,11,13-15H,3-5,7-10,12H2,1-2H3,(H2,18,19,21). The summed E-state index contributed by atoms with van der Waals surface area (Å²) in [6.07, 6.45) is 4.55. The average molecular weight is 324 g/mol. The van der Waals surface area contributed by atoms with Crippen LogP contribution in [0.5, 0.6) is 0 Å². The monoisotopic (exact) mass is 323 g/mol. The van der Waals surface area contributed by atoms with Crippen molar-refractivity contribution in [3.8, 4) is 0 Å². The van der Waals surface area contributed by atoms with Gasteiger partial charge < -0.3 is 15.5 Å². The molecule has 1 aliphatic heterocycles. The lowest BCUT2D eigenvalue weighted by Crippen LogP contribution is -2.42. The van der Waals surface area contributed by atoms with Gasteiger partial charge in [0.05, 0.1) is 0 Å². The number of thiophene rings is 1. The zero-order valence-electron chi connectivity index (χ0n) is 13.8. The fourth-order valence-electron chi connectivity index (χ4n) is 2.88. The van der Waals surface area contributed by atoms with Crippen molar-refractivity contribution < 1.29 is 4.79 Å². The lowest BCUT2D eigenvalue weighted by Gasteiger charge is -2.30. The fourth-order valence-corrected chi connectivity index (χ4v) is 3.56. The number of hydrogen-bond acceptors (Lipinski definition) is 3. The van der Waals surface area contributed by atoms with E-state index < -0.39 is 0 Å². The van der Waals surface area contributed by atoms with Crippen LogP contribution in [0.4, 0.5) is 4.79 Å². The van der Waals surface area contributed by atoms with Gasteiger partial charge in [0.15, 0.2) is 0 Å². The van der Waals surface area contributed by atoms with E-state index in [-0.39, 0.29) is 12.1 Å². The molecule has 0 spiro atoms. The molecular formula is C17H29N3OS. The van der Waals surface area contributed by atoms with E-state index >= 15 is 0 Å². The highest BCUT2D eigenvalue weighted by atomic mass is 32.1. The summed E-state index contributed by atoms with van der Waals surface area (Å²) in [6, 6.07) is 2.23. The molecule has 1 aromatic heterocycles. The number of amides is 2. The number of hydrogen-bond donors (Lipinski definition) is 2. The summed E-state index contributed by atoms with van der Waals surface area (Å²) in [4.78, 5) is 14.4.